The summed E-state index contributed by atoms with van der Waals surface area (Å²) in [4.78, 5) is 0. The maximum atomic E-state index is 10.1. The minimum atomic E-state index is -0.270. The van der Waals surface area contributed by atoms with E-state index in [0.717, 1.165) is 24.4 Å². The average Bonchev–Trinajstić information content (AvgIpc) is 2.92. The second-order valence-electron chi connectivity index (χ2n) is 4.81. The van der Waals surface area contributed by atoms with Crippen molar-refractivity contribution in [3.63, 3.8) is 0 Å². The molecule has 0 radical (unpaired) electrons. The molecule has 1 aromatic rings. The number of hydrogen-bond acceptors (Lipinski definition) is 2. The average molecular weight is 243 g/mol. The van der Waals surface area contributed by atoms with Gasteiger partial charge in [-0.15, -0.1) is 0 Å². The minimum absolute atomic E-state index is 0.270. The van der Waals surface area contributed by atoms with Crippen LogP contribution in [-0.2, 0) is 13.0 Å². The first-order valence-electron chi connectivity index (χ1n) is 5.94. The van der Waals surface area contributed by atoms with Gasteiger partial charge in [0.1, 0.15) is 0 Å². The van der Waals surface area contributed by atoms with Crippen molar-refractivity contribution in [2.45, 2.75) is 46.3 Å². The van der Waals surface area contributed by atoms with Crippen molar-refractivity contribution in [3.05, 3.63) is 16.4 Å². The number of aliphatic hydroxyl groups is 1. The van der Waals surface area contributed by atoms with Crippen molar-refractivity contribution in [2.75, 3.05) is 0 Å². The lowest BCUT2D eigenvalue weighted by atomic mass is 10.1. The first kappa shape index (κ1) is 11.9. The molecule has 1 aromatic heterocycles. The summed E-state index contributed by atoms with van der Waals surface area (Å²) in [5.41, 5.74) is 1.84. The van der Waals surface area contributed by atoms with E-state index in [0.29, 0.717) is 23.3 Å². The van der Waals surface area contributed by atoms with Gasteiger partial charge in [-0.25, -0.2) is 0 Å². The molecule has 0 saturated heterocycles. The first-order valence-corrected chi connectivity index (χ1v) is 6.32. The van der Waals surface area contributed by atoms with E-state index in [-0.39, 0.29) is 6.10 Å². The molecule has 3 nitrogen and oxygen atoms in total. The van der Waals surface area contributed by atoms with Crippen molar-refractivity contribution < 1.29 is 5.11 Å². The van der Waals surface area contributed by atoms with E-state index in [1.807, 2.05) is 18.5 Å². The van der Waals surface area contributed by atoms with Crippen LogP contribution in [0.4, 0.5) is 0 Å². The Morgan fingerprint density at radius 3 is 2.75 bits per heavy atom. The molecule has 4 heteroatoms. The van der Waals surface area contributed by atoms with Gasteiger partial charge >= 0.3 is 0 Å². The van der Waals surface area contributed by atoms with Crippen LogP contribution < -0.4 is 0 Å². The maximum absolute atomic E-state index is 10.1. The Labute approximate surface area is 101 Å². The highest BCUT2D eigenvalue weighted by atomic mass is 35.5. The van der Waals surface area contributed by atoms with Gasteiger partial charge in [-0.05, 0) is 32.1 Å². The molecule has 1 aliphatic carbocycles. The summed E-state index contributed by atoms with van der Waals surface area (Å²) in [5.74, 6) is 1.12. The molecule has 0 bridgehead atoms. The maximum Gasteiger partial charge on any atom is 0.0848 e. The van der Waals surface area contributed by atoms with Crippen LogP contribution in [-0.4, -0.2) is 21.0 Å². The molecule has 0 amide bonds. The van der Waals surface area contributed by atoms with Gasteiger partial charge in [0.05, 0.1) is 22.5 Å². The molecule has 3 unspecified atom stereocenters. The van der Waals surface area contributed by atoms with E-state index >= 15 is 0 Å². The minimum Gasteiger partial charge on any atom is -0.392 e. The number of aliphatic hydroxyl groups excluding tert-OH is 1. The van der Waals surface area contributed by atoms with E-state index < -0.39 is 0 Å². The standard InChI is InChI=1S/C12H19ClN2O/c1-4-15-10(12(13)8(3)14-15)6-11(16)9-5-7(9)2/h7,9,11,16H,4-6H2,1-3H3. The van der Waals surface area contributed by atoms with Crippen LogP contribution in [0.3, 0.4) is 0 Å². The molecule has 1 aliphatic rings. The van der Waals surface area contributed by atoms with Gasteiger partial charge in [0, 0.05) is 13.0 Å². The van der Waals surface area contributed by atoms with Crippen LogP contribution in [0.2, 0.25) is 5.02 Å². The van der Waals surface area contributed by atoms with Crippen molar-refractivity contribution in [1.29, 1.82) is 0 Å². The van der Waals surface area contributed by atoms with Crippen LogP contribution >= 0.6 is 11.6 Å². The van der Waals surface area contributed by atoms with Gasteiger partial charge in [-0.3, -0.25) is 4.68 Å². The summed E-state index contributed by atoms with van der Waals surface area (Å²) >= 11 is 6.20. The lowest BCUT2D eigenvalue weighted by Crippen LogP contribution is -2.17. The molecule has 1 fully saturated rings. The van der Waals surface area contributed by atoms with Crippen LogP contribution in [0.25, 0.3) is 0 Å². The zero-order valence-electron chi connectivity index (χ0n) is 10.1. The molecular formula is C12H19ClN2O. The molecule has 16 heavy (non-hydrogen) atoms. The lowest BCUT2D eigenvalue weighted by molar-refractivity contribution is 0.143. The van der Waals surface area contributed by atoms with E-state index in [2.05, 4.69) is 12.0 Å². The third kappa shape index (κ3) is 2.11. The predicted octanol–water partition coefficient (Wildman–Crippen LogP) is 2.42. The van der Waals surface area contributed by atoms with Crippen LogP contribution in [0, 0.1) is 18.8 Å². The second kappa shape index (κ2) is 4.38. The third-order valence-corrected chi connectivity index (χ3v) is 4.01. The Balaban J connectivity index is 2.13. The van der Waals surface area contributed by atoms with Crippen LogP contribution in [0.1, 0.15) is 31.7 Å². The molecule has 2 rings (SSSR count). The van der Waals surface area contributed by atoms with Gasteiger partial charge < -0.3 is 5.11 Å². The summed E-state index contributed by atoms with van der Waals surface area (Å²) in [6, 6.07) is 0. The summed E-state index contributed by atoms with van der Waals surface area (Å²) in [6.45, 7) is 6.93. The molecule has 1 N–H and O–H groups in total. The van der Waals surface area contributed by atoms with Crippen molar-refractivity contribution >= 4 is 11.6 Å². The predicted molar refractivity (Wildman–Crippen MR) is 64.6 cm³/mol. The van der Waals surface area contributed by atoms with Gasteiger partial charge in [0.2, 0.25) is 0 Å². The van der Waals surface area contributed by atoms with E-state index in [1.165, 1.54) is 0 Å². The normalized spacial score (nSPS) is 25.8. The fraction of sp³-hybridized carbons (Fsp3) is 0.750. The number of aromatic nitrogens is 2. The zero-order valence-corrected chi connectivity index (χ0v) is 10.8. The Morgan fingerprint density at radius 1 is 1.62 bits per heavy atom. The molecule has 1 saturated carbocycles. The zero-order chi connectivity index (χ0) is 11.9. The molecule has 1 heterocycles. The second-order valence-corrected chi connectivity index (χ2v) is 5.19. The van der Waals surface area contributed by atoms with Crippen LogP contribution in [0.5, 0.6) is 0 Å². The monoisotopic (exact) mass is 242 g/mol. The van der Waals surface area contributed by atoms with Gasteiger partial charge in [0.25, 0.3) is 0 Å². The fourth-order valence-electron chi connectivity index (χ4n) is 2.30. The number of hydrogen-bond donors (Lipinski definition) is 1. The number of rotatable bonds is 4. The van der Waals surface area contributed by atoms with Crippen molar-refractivity contribution in [2.24, 2.45) is 11.8 Å². The van der Waals surface area contributed by atoms with E-state index in [1.54, 1.807) is 0 Å². The largest absolute Gasteiger partial charge is 0.392 e. The van der Waals surface area contributed by atoms with E-state index in [9.17, 15) is 5.11 Å². The third-order valence-electron chi connectivity index (χ3n) is 3.52. The Morgan fingerprint density at radius 2 is 2.25 bits per heavy atom. The first-order chi connectivity index (χ1) is 7.54. The lowest BCUT2D eigenvalue weighted by Gasteiger charge is -2.11. The number of nitrogens with zero attached hydrogens (tertiary/aromatic N) is 2. The summed E-state index contributed by atoms with van der Waals surface area (Å²) in [6.07, 6.45) is 1.49. The summed E-state index contributed by atoms with van der Waals surface area (Å²) < 4.78 is 1.90. The summed E-state index contributed by atoms with van der Waals surface area (Å²) in [7, 11) is 0. The highest BCUT2D eigenvalue weighted by Gasteiger charge is 2.39. The molecule has 0 spiro atoms. The molecule has 0 aromatic carbocycles. The van der Waals surface area contributed by atoms with Gasteiger partial charge in [-0.1, -0.05) is 18.5 Å². The molecular weight excluding hydrogens is 224 g/mol. The van der Waals surface area contributed by atoms with Crippen LogP contribution in [0.15, 0.2) is 0 Å². The number of aryl methyl sites for hydroxylation is 2. The Bertz CT molecular complexity index is 389. The molecule has 3 atom stereocenters. The highest BCUT2D eigenvalue weighted by molar-refractivity contribution is 6.31. The molecule has 90 valence electrons. The van der Waals surface area contributed by atoms with Gasteiger partial charge in [0.15, 0.2) is 0 Å². The molecule has 0 aliphatic heterocycles. The smallest absolute Gasteiger partial charge is 0.0848 e. The SMILES string of the molecule is CCn1nc(C)c(Cl)c1CC(O)C1CC1C. The highest BCUT2D eigenvalue weighted by Crippen LogP contribution is 2.41. The fourth-order valence-corrected chi connectivity index (χ4v) is 2.51. The quantitative estimate of drug-likeness (QED) is 0.881. The number of halogens is 1. The topological polar surface area (TPSA) is 38.0 Å². The van der Waals surface area contributed by atoms with E-state index in [4.69, 9.17) is 11.6 Å². The Kier molecular flexibility index (Phi) is 3.27. The Hall–Kier alpha value is -0.540. The van der Waals surface area contributed by atoms with Gasteiger partial charge in [-0.2, -0.15) is 5.10 Å². The van der Waals surface area contributed by atoms with Crippen molar-refractivity contribution in [1.82, 2.24) is 9.78 Å². The van der Waals surface area contributed by atoms with Crippen molar-refractivity contribution in [3.8, 4) is 0 Å². The summed E-state index contributed by atoms with van der Waals surface area (Å²) in [5, 5.41) is 15.1.